The van der Waals surface area contributed by atoms with Gasteiger partial charge in [-0.25, -0.2) is 0 Å². The summed E-state index contributed by atoms with van der Waals surface area (Å²) in [6.07, 6.45) is 5.97. The number of piperidine rings is 1. The molecule has 0 amide bonds. The van der Waals surface area contributed by atoms with Crippen molar-refractivity contribution >= 4 is 5.71 Å². The molecule has 1 N–H and O–H groups in total. The highest BCUT2D eigenvalue weighted by Gasteiger charge is 2.30. The van der Waals surface area contributed by atoms with Crippen LogP contribution in [0.25, 0.3) is 0 Å². The molecule has 1 aliphatic carbocycles. The van der Waals surface area contributed by atoms with E-state index in [9.17, 15) is 0 Å². The summed E-state index contributed by atoms with van der Waals surface area (Å²) in [4.78, 5) is 2.50. The second-order valence-electron chi connectivity index (χ2n) is 4.72. The summed E-state index contributed by atoms with van der Waals surface area (Å²) < 4.78 is 0. The van der Waals surface area contributed by atoms with Crippen molar-refractivity contribution in [2.75, 3.05) is 13.1 Å². The average Bonchev–Trinajstić information content (AvgIpc) is 2.67. The fraction of sp³-hybridized carbons (Fsp3) is 0.909. The smallest absolute Gasteiger partial charge is 0.0742 e. The summed E-state index contributed by atoms with van der Waals surface area (Å²) in [5.74, 6) is 0.877. The molecule has 3 nitrogen and oxygen atoms in total. The van der Waals surface area contributed by atoms with Gasteiger partial charge in [-0.2, -0.15) is 0 Å². The second kappa shape index (κ2) is 4.30. The molecule has 14 heavy (non-hydrogen) atoms. The van der Waals surface area contributed by atoms with Crippen LogP contribution in [0.2, 0.25) is 0 Å². The zero-order valence-corrected chi connectivity index (χ0v) is 8.95. The van der Waals surface area contributed by atoms with Crippen LogP contribution in [0.3, 0.4) is 0 Å². The van der Waals surface area contributed by atoms with Crippen molar-refractivity contribution in [3.8, 4) is 0 Å². The Bertz CT molecular complexity index is 219. The molecule has 0 spiro atoms. The van der Waals surface area contributed by atoms with E-state index in [-0.39, 0.29) is 0 Å². The molecule has 1 saturated heterocycles. The standard InChI is InChI=1S/C11H20N2O/c1-9-5-7-13(8-6-9)11-4-2-3-10(11)12-14/h9,11,14H,2-8H2,1H3. The zero-order chi connectivity index (χ0) is 9.97. The first kappa shape index (κ1) is 9.97. The first-order valence-corrected chi connectivity index (χ1v) is 5.76. The lowest BCUT2D eigenvalue weighted by Gasteiger charge is -2.34. The van der Waals surface area contributed by atoms with E-state index in [0.29, 0.717) is 6.04 Å². The molecule has 0 radical (unpaired) electrons. The molecule has 2 aliphatic rings. The van der Waals surface area contributed by atoms with Crippen molar-refractivity contribution in [1.29, 1.82) is 0 Å². The van der Waals surface area contributed by atoms with E-state index in [4.69, 9.17) is 5.21 Å². The van der Waals surface area contributed by atoms with Crippen molar-refractivity contribution in [1.82, 2.24) is 4.90 Å². The largest absolute Gasteiger partial charge is 0.411 e. The quantitative estimate of drug-likeness (QED) is 0.515. The van der Waals surface area contributed by atoms with Crippen molar-refractivity contribution in [2.24, 2.45) is 11.1 Å². The molecule has 2 rings (SSSR count). The summed E-state index contributed by atoms with van der Waals surface area (Å²) in [6.45, 7) is 4.70. The number of nitrogens with zero attached hydrogens (tertiary/aromatic N) is 2. The Morgan fingerprint density at radius 2 is 2.00 bits per heavy atom. The molecule has 3 heteroatoms. The monoisotopic (exact) mass is 196 g/mol. The predicted molar refractivity (Wildman–Crippen MR) is 56.8 cm³/mol. The Morgan fingerprint density at radius 1 is 1.29 bits per heavy atom. The maximum Gasteiger partial charge on any atom is 0.0742 e. The van der Waals surface area contributed by atoms with Gasteiger partial charge in [-0.1, -0.05) is 12.1 Å². The Balaban J connectivity index is 1.94. The first-order chi connectivity index (χ1) is 6.81. The van der Waals surface area contributed by atoms with Crippen LogP contribution in [-0.2, 0) is 0 Å². The van der Waals surface area contributed by atoms with Crippen LogP contribution in [0.1, 0.15) is 39.0 Å². The third kappa shape index (κ3) is 1.92. The molecule has 0 bridgehead atoms. The lowest BCUT2D eigenvalue weighted by Crippen LogP contribution is -2.43. The van der Waals surface area contributed by atoms with E-state index < -0.39 is 0 Å². The summed E-state index contributed by atoms with van der Waals surface area (Å²) in [6, 6.07) is 0.451. The Morgan fingerprint density at radius 3 is 2.64 bits per heavy atom. The van der Waals surface area contributed by atoms with Gasteiger partial charge in [0, 0.05) is 0 Å². The molecule has 1 heterocycles. The predicted octanol–water partition coefficient (Wildman–Crippen LogP) is 2.10. The molecular weight excluding hydrogens is 176 g/mol. The third-order valence-corrected chi connectivity index (χ3v) is 3.68. The van der Waals surface area contributed by atoms with E-state index in [1.54, 1.807) is 0 Å². The lowest BCUT2D eigenvalue weighted by atomic mass is 9.97. The van der Waals surface area contributed by atoms with E-state index >= 15 is 0 Å². The van der Waals surface area contributed by atoms with Crippen LogP contribution in [-0.4, -0.2) is 35.0 Å². The highest BCUT2D eigenvalue weighted by atomic mass is 16.4. The van der Waals surface area contributed by atoms with Crippen LogP contribution in [0.4, 0.5) is 0 Å². The highest BCUT2D eigenvalue weighted by molar-refractivity contribution is 5.90. The number of likely N-dealkylation sites (tertiary alicyclic amines) is 1. The number of oxime groups is 1. The van der Waals surface area contributed by atoms with Gasteiger partial charge in [0.15, 0.2) is 0 Å². The Labute approximate surface area is 85.8 Å². The van der Waals surface area contributed by atoms with Crippen LogP contribution in [0.5, 0.6) is 0 Å². The zero-order valence-electron chi connectivity index (χ0n) is 8.95. The average molecular weight is 196 g/mol. The summed E-state index contributed by atoms with van der Waals surface area (Å²) >= 11 is 0. The lowest BCUT2D eigenvalue weighted by molar-refractivity contribution is 0.167. The van der Waals surface area contributed by atoms with Gasteiger partial charge in [0.2, 0.25) is 0 Å². The summed E-state index contributed by atoms with van der Waals surface area (Å²) in [5.41, 5.74) is 1.01. The van der Waals surface area contributed by atoms with Gasteiger partial charge in [0.05, 0.1) is 11.8 Å². The van der Waals surface area contributed by atoms with Crippen LogP contribution >= 0.6 is 0 Å². The van der Waals surface area contributed by atoms with Crippen molar-refractivity contribution in [2.45, 2.75) is 45.1 Å². The van der Waals surface area contributed by atoms with Crippen molar-refractivity contribution < 1.29 is 5.21 Å². The molecule has 0 aromatic rings. The highest BCUT2D eigenvalue weighted by Crippen LogP contribution is 2.26. The minimum atomic E-state index is 0.451. The third-order valence-electron chi connectivity index (χ3n) is 3.68. The Hall–Kier alpha value is -0.570. The molecule has 80 valence electrons. The topological polar surface area (TPSA) is 35.8 Å². The molecule has 2 fully saturated rings. The first-order valence-electron chi connectivity index (χ1n) is 5.76. The van der Waals surface area contributed by atoms with Crippen molar-refractivity contribution in [3.05, 3.63) is 0 Å². The summed E-state index contributed by atoms with van der Waals surface area (Å²) in [7, 11) is 0. The summed E-state index contributed by atoms with van der Waals surface area (Å²) in [5, 5.41) is 12.3. The molecule has 1 aliphatic heterocycles. The minimum absolute atomic E-state index is 0.451. The fourth-order valence-electron chi connectivity index (χ4n) is 2.66. The number of hydrogen-bond donors (Lipinski definition) is 1. The normalized spacial score (nSPS) is 34.1. The molecule has 1 unspecified atom stereocenters. The molecule has 0 aromatic carbocycles. The Kier molecular flexibility index (Phi) is 3.06. The van der Waals surface area contributed by atoms with Crippen LogP contribution < -0.4 is 0 Å². The molecule has 0 aromatic heterocycles. The van der Waals surface area contributed by atoms with Crippen molar-refractivity contribution in [3.63, 3.8) is 0 Å². The van der Waals surface area contributed by atoms with Gasteiger partial charge in [0.25, 0.3) is 0 Å². The fourth-order valence-corrected chi connectivity index (χ4v) is 2.66. The van der Waals surface area contributed by atoms with E-state index in [1.165, 1.54) is 38.8 Å². The van der Waals surface area contributed by atoms with Gasteiger partial charge in [-0.15, -0.1) is 0 Å². The molecule has 1 atom stereocenters. The maximum absolute atomic E-state index is 8.88. The van der Waals surface area contributed by atoms with E-state index in [1.807, 2.05) is 0 Å². The number of rotatable bonds is 1. The minimum Gasteiger partial charge on any atom is -0.411 e. The van der Waals surface area contributed by atoms with Gasteiger partial charge in [-0.05, 0) is 51.1 Å². The van der Waals surface area contributed by atoms with Gasteiger partial charge in [-0.3, -0.25) is 4.90 Å². The van der Waals surface area contributed by atoms with Crippen LogP contribution in [0, 0.1) is 5.92 Å². The van der Waals surface area contributed by atoms with Crippen LogP contribution in [0.15, 0.2) is 5.16 Å². The van der Waals surface area contributed by atoms with E-state index in [0.717, 1.165) is 18.1 Å². The molecule has 1 saturated carbocycles. The molecular formula is C11H20N2O. The van der Waals surface area contributed by atoms with E-state index in [2.05, 4.69) is 17.0 Å². The number of hydrogen-bond acceptors (Lipinski definition) is 3. The second-order valence-corrected chi connectivity index (χ2v) is 4.72. The van der Waals surface area contributed by atoms with Gasteiger partial charge in [0.1, 0.15) is 0 Å². The SMILES string of the molecule is CC1CCN(C2CCCC2=NO)CC1. The maximum atomic E-state index is 8.88. The van der Waals surface area contributed by atoms with Gasteiger partial charge >= 0.3 is 0 Å². The van der Waals surface area contributed by atoms with Gasteiger partial charge < -0.3 is 5.21 Å².